The summed E-state index contributed by atoms with van der Waals surface area (Å²) in [4.78, 5) is 13.5. The van der Waals surface area contributed by atoms with Gasteiger partial charge in [0.1, 0.15) is 0 Å². The molecule has 4 rings (SSSR count). The summed E-state index contributed by atoms with van der Waals surface area (Å²) in [5.74, 6) is 0. The minimum Gasteiger partial charge on any atom is -0.290 e. The lowest BCUT2D eigenvalue weighted by molar-refractivity contribution is -0.137. The highest BCUT2D eigenvalue weighted by atomic mass is 19.4. The zero-order valence-corrected chi connectivity index (χ0v) is 18.7. The number of rotatable bonds is 6. The first-order valence-electron chi connectivity index (χ1n) is 10.8. The van der Waals surface area contributed by atoms with Gasteiger partial charge in [-0.05, 0) is 61.9 Å². The van der Waals surface area contributed by atoms with Gasteiger partial charge in [0.05, 0.1) is 51.8 Å². The van der Waals surface area contributed by atoms with E-state index in [1.165, 1.54) is 16.7 Å². The van der Waals surface area contributed by atoms with E-state index >= 15 is 0 Å². The molecule has 0 unspecified atom stereocenters. The van der Waals surface area contributed by atoms with Gasteiger partial charge in [0, 0.05) is 6.54 Å². The Bertz CT molecular complexity index is 1420. The molecule has 34 heavy (non-hydrogen) atoms. The predicted molar refractivity (Wildman–Crippen MR) is 122 cm³/mol. The first-order valence-corrected chi connectivity index (χ1v) is 10.8. The van der Waals surface area contributed by atoms with E-state index in [9.17, 15) is 18.0 Å². The van der Waals surface area contributed by atoms with Gasteiger partial charge in [-0.1, -0.05) is 19.4 Å². The number of hydrogen-bond acceptors (Lipinski definition) is 3. The highest BCUT2D eigenvalue weighted by Gasteiger charge is 2.31. The monoisotopic (exact) mass is 465 g/mol. The third-order valence-corrected chi connectivity index (χ3v) is 5.66. The number of alkyl halides is 3. The number of hydrogen-bond donors (Lipinski definition) is 0. The van der Waals surface area contributed by atoms with Crippen LogP contribution < -0.4 is 5.69 Å². The van der Waals surface area contributed by atoms with E-state index in [0.29, 0.717) is 34.9 Å². The molecular weight excluding hydrogens is 443 g/mol. The summed E-state index contributed by atoms with van der Waals surface area (Å²) in [5.41, 5.74) is 1.84. The van der Waals surface area contributed by atoms with Gasteiger partial charge in [-0.15, -0.1) is 0 Å². The first kappa shape index (κ1) is 23.1. The second-order valence-electron chi connectivity index (χ2n) is 7.89. The van der Waals surface area contributed by atoms with E-state index in [2.05, 4.69) is 11.2 Å². The number of unbranched alkanes of at least 4 members (excludes halogenated alkanes) is 1. The van der Waals surface area contributed by atoms with E-state index in [1.807, 2.05) is 6.92 Å². The van der Waals surface area contributed by atoms with Crippen LogP contribution in [0.4, 0.5) is 13.2 Å². The lowest BCUT2D eigenvalue weighted by atomic mass is 10.1. The normalized spacial score (nSPS) is 11.5. The molecule has 0 aliphatic carbocycles. The van der Waals surface area contributed by atoms with Gasteiger partial charge < -0.3 is 0 Å². The Morgan fingerprint density at radius 1 is 1.06 bits per heavy atom. The molecule has 174 valence electrons. The molecule has 2 aromatic carbocycles. The van der Waals surface area contributed by atoms with Crippen LogP contribution in [0.1, 0.15) is 36.6 Å². The van der Waals surface area contributed by atoms with Crippen molar-refractivity contribution >= 4 is 0 Å². The number of halogens is 3. The van der Waals surface area contributed by atoms with Crippen LogP contribution in [-0.4, -0.2) is 18.9 Å². The summed E-state index contributed by atoms with van der Waals surface area (Å²) in [6.07, 6.45) is -1.35. The van der Waals surface area contributed by atoms with E-state index in [-0.39, 0.29) is 5.69 Å². The van der Waals surface area contributed by atoms with Crippen molar-refractivity contribution in [3.63, 3.8) is 0 Å². The number of aromatic nitrogens is 4. The summed E-state index contributed by atoms with van der Waals surface area (Å²) in [5, 5.41) is 13.5. The lowest BCUT2D eigenvalue weighted by Crippen LogP contribution is -2.24. The van der Waals surface area contributed by atoms with Crippen molar-refractivity contribution in [3.05, 3.63) is 88.1 Å². The smallest absolute Gasteiger partial charge is 0.290 e. The Morgan fingerprint density at radius 2 is 1.79 bits per heavy atom. The highest BCUT2D eigenvalue weighted by Crippen LogP contribution is 2.32. The van der Waals surface area contributed by atoms with Crippen LogP contribution in [0.2, 0.25) is 0 Å². The van der Waals surface area contributed by atoms with Crippen LogP contribution in [-0.2, 0) is 12.7 Å². The van der Waals surface area contributed by atoms with Gasteiger partial charge in [-0.25, -0.2) is 9.48 Å². The summed E-state index contributed by atoms with van der Waals surface area (Å²) in [6.45, 7) is 4.13. The summed E-state index contributed by atoms with van der Waals surface area (Å²) < 4.78 is 44.6. The van der Waals surface area contributed by atoms with Crippen LogP contribution in [0, 0.1) is 18.3 Å². The average molecular weight is 465 g/mol. The van der Waals surface area contributed by atoms with Gasteiger partial charge in [0.15, 0.2) is 0 Å². The maximum absolute atomic E-state index is 13.5. The molecule has 0 spiro atoms. The molecule has 4 aromatic rings. The molecule has 9 heteroatoms. The van der Waals surface area contributed by atoms with Gasteiger partial charge in [-0.2, -0.15) is 23.5 Å². The standard InChI is InChI=1S/C25H22F3N5O/c1-3-4-14-31-23(22-12-13-30-33(22)20-10-8-18(16-29)9-11-20)17(2)32(24(31)34)21-7-5-6-19(15-21)25(26,27)28/h5-13,15H,3-4,14H2,1-2H3. The van der Waals surface area contributed by atoms with Gasteiger partial charge in [0.25, 0.3) is 0 Å². The van der Waals surface area contributed by atoms with Crippen molar-refractivity contribution in [1.82, 2.24) is 18.9 Å². The van der Waals surface area contributed by atoms with E-state index in [1.54, 1.807) is 52.7 Å². The molecule has 2 aromatic heterocycles. The number of nitriles is 1. The fraction of sp³-hybridized carbons (Fsp3) is 0.240. The topological polar surface area (TPSA) is 68.5 Å². The second-order valence-corrected chi connectivity index (χ2v) is 7.89. The van der Waals surface area contributed by atoms with Crippen molar-refractivity contribution in [2.75, 3.05) is 0 Å². The van der Waals surface area contributed by atoms with Crippen molar-refractivity contribution in [1.29, 1.82) is 5.26 Å². The van der Waals surface area contributed by atoms with Crippen molar-refractivity contribution in [3.8, 4) is 28.8 Å². The molecule has 0 bridgehead atoms. The molecule has 0 radical (unpaired) electrons. The zero-order valence-electron chi connectivity index (χ0n) is 18.7. The van der Waals surface area contributed by atoms with Gasteiger partial charge in [-0.3, -0.25) is 9.13 Å². The van der Waals surface area contributed by atoms with Crippen LogP contribution in [0.15, 0.2) is 65.6 Å². The summed E-state index contributed by atoms with van der Waals surface area (Å²) in [6, 6.07) is 15.5. The minimum absolute atomic E-state index is 0.151. The first-order chi connectivity index (χ1) is 16.3. The minimum atomic E-state index is -4.52. The third kappa shape index (κ3) is 4.15. The second kappa shape index (κ2) is 9.06. The maximum Gasteiger partial charge on any atom is 0.416 e. The largest absolute Gasteiger partial charge is 0.416 e. The molecule has 0 aliphatic heterocycles. The zero-order chi connectivity index (χ0) is 24.5. The molecule has 0 saturated heterocycles. The highest BCUT2D eigenvalue weighted by molar-refractivity contribution is 5.63. The SMILES string of the molecule is CCCCn1c(-c2ccnn2-c2ccc(C#N)cc2)c(C)n(-c2cccc(C(F)(F)F)c2)c1=O. The maximum atomic E-state index is 13.5. The molecule has 0 fully saturated rings. The Balaban J connectivity index is 1.93. The van der Waals surface area contributed by atoms with E-state index in [0.717, 1.165) is 25.0 Å². The Morgan fingerprint density at radius 3 is 2.44 bits per heavy atom. The van der Waals surface area contributed by atoms with Gasteiger partial charge in [0.2, 0.25) is 0 Å². The number of imidazole rings is 1. The van der Waals surface area contributed by atoms with E-state index in [4.69, 9.17) is 5.26 Å². The molecule has 0 aliphatic rings. The summed E-state index contributed by atoms with van der Waals surface area (Å²) >= 11 is 0. The van der Waals surface area contributed by atoms with Gasteiger partial charge >= 0.3 is 11.9 Å². The fourth-order valence-electron chi connectivity index (χ4n) is 4.00. The lowest BCUT2D eigenvalue weighted by Gasteiger charge is -2.12. The van der Waals surface area contributed by atoms with Crippen molar-refractivity contribution in [2.24, 2.45) is 0 Å². The molecule has 0 atom stereocenters. The van der Waals surface area contributed by atoms with Crippen LogP contribution >= 0.6 is 0 Å². The van der Waals surface area contributed by atoms with E-state index < -0.39 is 17.4 Å². The molecular formula is C25H22F3N5O. The molecule has 0 amide bonds. The summed E-state index contributed by atoms with van der Waals surface area (Å²) in [7, 11) is 0. The Labute approximate surface area is 194 Å². The number of nitrogens with zero attached hydrogens (tertiary/aromatic N) is 5. The van der Waals surface area contributed by atoms with Crippen LogP contribution in [0.25, 0.3) is 22.8 Å². The molecule has 0 N–H and O–H groups in total. The molecule has 0 saturated carbocycles. The fourth-order valence-corrected chi connectivity index (χ4v) is 4.00. The number of benzene rings is 2. The Hall–Kier alpha value is -4.06. The molecule has 6 nitrogen and oxygen atoms in total. The van der Waals surface area contributed by atoms with Crippen LogP contribution in [0.3, 0.4) is 0 Å². The van der Waals surface area contributed by atoms with Crippen molar-refractivity contribution < 1.29 is 13.2 Å². The predicted octanol–water partition coefficient (Wildman–Crippen LogP) is 5.49. The molecule has 2 heterocycles. The quantitative estimate of drug-likeness (QED) is 0.378. The van der Waals surface area contributed by atoms with Crippen LogP contribution in [0.5, 0.6) is 0 Å². The van der Waals surface area contributed by atoms with Crippen molar-refractivity contribution in [2.45, 2.75) is 39.4 Å². The Kier molecular flexibility index (Phi) is 6.16. The average Bonchev–Trinajstić information content (AvgIpc) is 3.39. The third-order valence-electron chi connectivity index (χ3n) is 5.66.